The van der Waals surface area contributed by atoms with Crippen molar-refractivity contribution >= 4 is 17.5 Å². The summed E-state index contributed by atoms with van der Waals surface area (Å²) < 4.78 is 0. The first kappa shape index (κ1) is 14.2. The number of carbonyl (C=O) groups is 1. The Hall–Kier alpha value is -0.240. The lowest BCUT2D eigenvalue weighted by Crippen LogP contribution is -2.43. The number of halogens is 1. The number of carbonyl (C=O) groups excluding carboxylic acids is 1. The predicted molar refractivity (Wildman–Crippen MR) is 75.8 cm³/mol. The van der Waals surface area contributed by atoms with Crippen LogP contribution in [0.15, 0.2) is 0 Å². The zero-order chi connectivity index (χ0) is 13.0. The Bertz CT molecular complexity index is 274. The molecule has 2 atom stereocenters. The van der Waals surface area contributed by atoms with Crippen molar-refractivity contribution in [2.45, 2.75) is 63.7 Å². The minimum atomic E-state index is 0.256. The largest absolute Gasteiger partial charge is 0.342 e. The summed E-state index contributed by atoms with van der Waals surface area (Å²) in [7, 11) is 0. The monoisotopic (exact) mass is 271 g/mol. The minimum absolute atomic E-state index is 0.256. The Morgan fingerprint density at radius 3 is 2.44 bits per heavy atom. The molecule has 1 amide bonds. The zero-order valence-corrected chi connectivity index (χ0v) is 12.3. The first-order chi connectivity index (χ1) is 8.66. The van der Waals surface area contributed by atoms with Gasteiger partial charge in [-0.05, 0) is 31.1 Å². The molecule has 2 rings (SSSR count). The van der Waals surface area contributed by atoms with Gasteiger partial charge in [0.05, 0.1) is 0 Å². The van der Waals surface area contributed by atoms with E-state index >= 15 is 0 Å². The van der Waals surface area contributed by atoms with E-state index < -0.39 is 0 Å². The summed E-state index contributed by atoms with van der Waals surface area (Å²) in [5.41, 5.74) is 0. The molecule has 104 valence electrons. The van der Waals surface area contributed by atoms with Crippen molar-refractivity contribution in [1.82, 2.24) is 4.90 Å². The predicted octanol–water partition coefficient (Wildman–Crippen LogP) is 3.82. The van der Waals surface area contributed by atoms with E-state index in [0.717, 1.165) is 25.9 Å². The maximum Gasteiger partial charge on any atom is 0.222 e. The highest BCUT2D eigenvalue weighted by Gasteiger charge is 2.28. The molecular formula is C15H26ClNO. The number of piperidine rings is 1. The van der Waals surface area contributed by atoms with Gasteiger partial charge in [0, 0.05) is 24.9 Å². The van der Waals surface area contributed by atoms with Crippen LogP contribution in [0.5, 0.6) is 0 Å². The van der Waals surface area contributed by atoms with Gasteiger partial charge >= 0.3 is 0 Å². The lowest BCUT2D eigenvalue weighted by Gasteiger charge is -2.35. The fourth-order valence-corrected chi connectivity index (χ4v) is 3.46. The van der Waals surface area contributed by atoms with Gasteiger partial charge in [0.2, 0.25) is 5.91 Å². The summed E-state index contributed by atoms with van der Waals surface area (Å²) in [6, 6.07) is 0. The van der Waals surface area contributed by atoms with Crippen molar-refractivity contribution < 1.29 is 4.79 Å². The van der Waals surface area contributed by atoms with Crippen molar-refractivity contribution in [2.24, 2.45) is 11.8 Å². The first-order valence-corrected chi connectivity index (χ1v) is 8.02. The maximum absolute atomic E-state index is 12.3. The van der Waals surface area contributed by atoms with Gasteiger partial charge in [-0.15, -0.1) is 11.6 Å². The van der Waals surface area contributed by atoms with Gasteiger partial charge in [-0.25, -0.2) is 0 Å². The van der Waals surface area contributed by atoms with Crippen molar-refractivity contribution in [3.8, 4) is 0 Å². The van der Waals surface area contributed by atoms with E-state index in [1.807, 2.05) is 0 Å². The first-order valence-electron chi connectivity index (χ1n) is 7.58. The number of nitrogens with zero attached hydrogens (tertiary/aromatic N) is 1. The Balaban J connectivity index is 1.80. The second-order valence-electron chi connectivity index (χ2n) is 6.18. The van der Waals surface area contributed by atoms with Gasteiger partial charge in [0.15, 0.2) is 0 Å². The molecule has 2 nitrogen and oxygen atoms in total. The van der Waals surface area contributed by atoms with Crippen molar-refractivity contribution in [3.63, 3.8) is 0 Å². The summed E-state index contributed by atoms with van der Waals surface area (Å²) >= 11 is 6.21. The van der Waals surface area contributed by atoms with Crippen LogP contribution in [0.2, 0.25) is 0 Å². The summed E-state index contributed by atoms with van der Waals surface area (Å²) in [6.07, 6.45) is 9.61. The Kier molecular flexibility index (Phi) is 5.35. The normalized spacial score (nSPS) is 31.1. The summed E-state index contributed by atoms with van der Waals surface area (Å²) in [5.74, 6) is 1.46. The Morgan fingerprint density at radius 1 is 1.17 bits per heavy atom. The van der Waals surface area contributed by atoms with E-state index in [-0.39, 0.29) is 5.38 Å². The average Bonchev–Trinajstić information content (AvgIpc) is 2.61. The molecule has 0 bridgehead atoms. The minimum Gasteiger partial charge on any atom is -0.342 e. The Labute approximate surface area is 116 Å². The molecule has 0 aromatic heterocycles. The van der Waals surface area contributed by atoms with Gasteiger partial charge in [-0.1, -0.05) is 32.6 Å². The van der Waals surface area contributed by atoms with Gasteiger partial charge in [-0.3, -0.25) is 4.79 Å². The molecule has 0 N–H and O–H groups in total. The van der Waals surface area contributed by atoms with Crippen molar-refractivity contribution in [3.05, 3.63) is 0 Å². The van der Waals surface area contributed by atoms with E-state index in [1.54, 1.807) is 0 Å². The Morgan fingerprint density at radius 2 is 1.83 bits per heavy atom. The highest BCUT2D eigenvalue weighted by molar-refractivity contribution is 6.20. The molecule has 18 heavy (non-hydrogen) atoms. The van der Waals surface area contributed by atoms with Crippen LogP contribution in [-0.2, 0) is 4.79 Å². The molecule has 0 spiro atoms. The van der Waals surface area contributed by atoms with Crippen LogP contribution in [0.25, 0.3) is 0 Å². The van der Waals surface area contributed by atoms with Gasteiger partial charge in [-0.2, -0.15) is 0 Å². The molecule has 2 fully saturated rings. The third kappa shape index (κ3) is 3.88. The molecule has 1 heterocycles. The van der Waals surface area contributed by atoms with E-state index in [9.17, 15) is 4.79 Å². The number of rotatable bonds is 2. The molecule has 0 radical (unpaired) electrons. The van der Waals surface area contributed by atoms with Crippen molar-refractivity contribution in [2.75, 3.05) is 13.1 Å². The van der Waals surface area contributed by atoms with Crippen LogP contribution in [0, 0.1) is 11.8 Å². The van der Waals surface area contributed by atoms with Crippen LogP contribution in [0.3, 0.4) is 0 Å². The van der Waals surface area contributed by atoms with E-state index in [0.29, 0.717) is 17.7 Å². The maximum atomic E-state index is 12.3. The van der Waals surface area contributed by atoms with Gasteiger partial charge in [0.1, 0.15) is 0 Å². The summed E-state index contributed by atoms with van der Waals surface area (Å²) in [4.78, 5) is 14.4. The third-order valence-electron chi connectivity index (χ3n) is 4.59. The molecule has 2 unspecified atom stereocenters. The number of alkyl halides is 1. The molecular weight excluding hydrogens is 246 g/mol. The SMILES string of the molecule is CC1CN(C(=O)CC2CCCCCC2)CCC1Cl. The van der Waals surface area contributed by atoms with E-state index in [2.05, 4.69) is 11.8 Å². The van der Waals surface area contributed by atoms with Crippen LogP contribution in [0.4, 0.5) is 0 Å². The quantitative estimate of drug-likeness (QED) is 0.552. The van der Waals surface area contributed by atoms with Crippen LogP contribution in [-0.4, -0.2) is 29.3 Å². The third-order valence-corrected chi connectivity index (χ3v) is 5.24. The molecule has 1 aliphatic heterocycles. The smallest absolute Gasteiger partial charge is 0.222 e. The molecule has 1 aliphatic carbocycles. The zero-order valence-electron chi connectivity index (χ0n) is 11.5. The lowest BCUT2D eigenvalue weighted by molar-refractivity contribution is -0.133. The van der Waals surface area contributed by atoms with Crippen LogP contribution >= 0.6 is 11.6 Å². The van der Waals surface area contributed by atoms with Crippen LogP contribution in [0.1, 0.15) is 58.3 Å². The van der Waals surface area contributed by atoms with Gasteiger partial charge in [0.25, 0.3) is 0 Å². The van der Waals surface area contributed by atoms with Gasteiger partial charge < -0.3 is 4.90 Å². The number of amides is 1. The van der Waals surface area contributed by atoms with Crippen molar-refractivity contribution in [1.29, 1.82) is 0 Å². The fourth-order valence-electron chi connectivity index (χ4n) is 3.29. The highest BCUT2D eigenvalue weighted by atomic mass is 35.5. The topological polar surface area (TPSA) is 20.3 Å². The number of hydrogen-bond acceptors (Lipinski definition) is 1. The molecule has 1 saturated carbocycles. The number of likely N-dealkylation sites (tertiary alicyclic amines) is 1. The molecule has 1 saturated heterocycles. The average molecular weight is 272 g/mol. The summed E-state index contributed by atoms with van der Waals surface area (Å²) in [6.45, 7) is 3.88. The van der Waals surface area contributed by atoms with Crippen LogP contribution < -0.4 is 0 Å². The standard InChI is InChI=1S/C15H26ClNO/c1-12-11-17(9-8-14(12)16)15(18)10-13-6-4-2-3-5-7-13/h12-14H,2-11H2,1H3. The second kappa shape index (κ2) is 6.79. The lowest BCUT2D eigenvalue weighted by atomic mass is 9.94. The van der Waals surface area contributed by atoms with E-state index in [4.69, 9.17) is 11.6 Å². The summed E-state index contributed by atoms with van der Waals surface area (Å²) in [5, 5.41) is 0.256. The second-order valence-corrected chi connectivity index (χ2v) is 6.74. The molecule has 2 aliphatic rings. The fraction of sp³-hybridized carbons (Fsp3) is 0.933. The number of hydrogen-bond donors (Lipinski definition) is 0. The molecule has 3 heteroatoms. The highest BCUT2D eigenvalue weighted by Crippen LogP contribution is 2.28. The molecule has 0 aromatic rings. The van der Waals surface area contributed by atoms with E-state index in [1.165, 1.54) is 38.5 Å². The molecule has 0 aromatic carbocycles.